The van der Waals surface area contributed by atoms with Crippen LogP contribution in [0.3, 0.4) is 0 Å². The first-order valence-electron chi connectivity index (χ1n) is 12.0. The molecule has 0 atom stereocenters. The summed E-state index contributed by atoms with van der Waals surface area (Å²) in [4.78, 5) is 41.7. The number of amides is 1. The van der Waals surface area contributed by atoms with Crippen molar-refractivity contribution >= 4 is 34.9 Å². The minimum absolute atomic E-state index is 0.141. The van der Waals surface area contributed by atoms with Crippen LogP contribution in [0.15, 0.2) is 61.2 Å². The maximum absolute atomic E-state index is 13.4. The standard InChI is InChI=1S/C27H24FN7O4/c1-38-24-18(25-31-12-16(28)13-32-25)4-3-5-20(24)34-21-11-23(30-14-19(21)26(36)33-17-6-7-17)35-22-10-15(8-9-29-22)27(37)39-2/h3-5,8-14,17H,6-7H2,1-2H3,(H,33,36)(H2,29,30,34,35). The Kier molecular flexibility index (Phi) is 7.26. The molecule has 12 heteroatoms. The van der Waals surface area contributed by atoms with Crippen LogP contribution in [0, 0.1) is 5.82 Å². The first kappa shape index (κ1) is 25.5. The lowest BCUT2D eigenvalue weighted by molar-refractivity contribution is 0.0600. The average Bonchev–Trinajstić information content (AvgIpc) is 3.77. The van der Waals surface area contributed by atoms with E-state index in [1.807, 2.05) is 0 Å². The third-order valence-corrected chi connectivity index (χ3v) is 5.85. The van der Waals surface area contributed by atoms with E-state index in [4.69, 9.17) is 9.47 Å². The van der Waals surface area contributed by atoms with Crippen LogP contribution in [0.25, 0.3) is 11.4 Å². The Morgan fingerprint density at radius 2 is 1.69 bits per heavy atom. The summed E-state index contributed by atoms with van der Waals surface area (Å²) in [6.45, 7) is 0. The summed E-state index contributed by atoms with van der Waals surface area (Å²) < 4.78 is 23.8. The fraction of sp³-hybridized carbons (Fsp3) is 0.185. The average molecular weight is 530 g/mol. The molecule has 0 spiro atoms. The highest BCUT2D eigenvalue weighted by molar-refractivity contribution is 6.01. The Balaban J connectivity index is 1.50. The molecule has 1 amide bonds. The van der Waals surface area contributed by atoms with Gasteiger partial charge in [0.05, 0.1) is 54.7 Å². The van der Waals surface area contributed by atoms with Gasteiger partial charge in [0, 0.05) is 24.5 Å². The molecule has 198 valence electrons. The first-order valence-corrected chi connectivity index (χ1v) is 12.0. The number of nitrogens with one attached hydrogen (secondary N) is 3. The minimum atomic E-state index is -0.554. The Bertz CT molecular complexity index is 1530. The van der Waals surface area contributed by atoms with Crippen molar-refractivity contribution in [1.29, 1.82) is 0 Å². The van der Waals surface area contributed by atoms with Gasteiger partial charge >= 0.3 is 5.97 Å². The highest BCUT2D eigenvalue weighted by Crippen LogP contribution is 2.37. The van der Waals surface area contributed by atoms with E-state index in [-0.39, 0.29) is 17.8 Å². The van der Waals surface area contributed by atoms with E-state index in [2.05, 4.69) is 35.9 Å². The van der Waals surface area contributed by atoms with Crippen molar-refractivity contribution in [2.75, 3.05) is 24.9 Å². The van der Waals surface area contributed by atoms with Crippen molar-refractivity contribution in [2.24, 2.45) is 0 Å². The third kappa shape index (κ3) is 5.90. The molecule has 39 heavy (non-hydrogen) atoms. The molecule has 0 unspecified atom stereocenters. The molecular formula is C27H24FN7O4. The molecule has 3 N–H and O–H groups in total. The summed E-state index contributed by atoms with van der Waals surface area (Å²) in [7, 11) is 2.79. The quantitative estimate of drug-likeness (QED) is 0.270. The Morgan fingerprint density at radius 1 is 0.923 bits per heavy atom. The van der Waals surface area contributed by atoms with Crippen LogP contribution >= 0.6 is 0 Å². The molecule has 5 rings (SSSR count). The zero-order chi connectivity index (χ0) is 27.4. The monoisotopic (exact) mass is 529 g/mol. The summed E-state index contributed by atoms with van der Waals surface area (Å²) in [6, 6.07) is 10.1. The van der Waals surface area contributed by atoms with Gasteiger partial charge in [0.1, 0.15) is 11.6 Å². The maximum atomic E-state index is 13.4. The molecule has 0 saturated heterocycles. The number of hydrogen-bond donors (Lipinski definition) is 3. The number of carbonyl (C=O) groups excluding carboxylic acids is 2. The molecule has 1 aliphatic carbocycles. The first-order chi connectivity index (χ1) is 18.9. The van der Waals surface area contributed by atoms with E-state index in [1.165, 1.54) is 38.7 Å². The van der Waals surface area contributed by atoms with Crippen molar-refractivity contribution in [3.63, 3.8) is 0 Å². The van der Waals surface area contributed by atoms with Crippen LogP contribution in [0.5, 0.6) is 5.75 Å². The summed E-state index contributed by atoms with van der Waals surface area (Å²) >= 11 is 0. The van der Waals surface area contributed by atoms with Gasteiger partial charge < -0.3 is 25.4 Å². The number of esters is 1. The number of benzene rings is 1. The van der Waals surface area contributed by atoms with Crippen molar-refractivity contribution in [3.8, 4) is 17.1 Å². The predicted octanol–water partition coefficient (Wildman–Crippen LogP) is 4.25. The number of aromatic nitrogens is 4. The van der Waals surface area contributed by atoms with Gasteiger partial charge in [-0.2, -0.15) is 0 Å². The van der Waals surface area contributed by atoms with Crippen molar-refractivity contribution < 1.29 is 23.5 Å². The molecule has 3 aromatic heterocycles. The topological polar surface area (TPSA) is 140 Å². The van der Waals surface area contributed by atoms with E-state index >= 15 is 0 Å². The second-order valence-corrected chi connectivity index (χ2v) is 8.65. The molecule has 1 saturated carbocycles. The summed E-state index contributed by atoms with van der Waals surface area (Å²) in [5.41, 5.74) is 2.12. The van der Waals surface area contributed by atoms with Crippen LogP contribution in [0.4, 0.5) is 27.4 Å². The van der Waals surface area contributed by atoms with Gasteiger partial charge in [0.25, 0.3) is 5.91 Å². The van der Waals surface area contributed by atoms with Gasteiger partial charge in [0.15, 0.2) is 17.4 Å². The third-order valence-electron chi connectivity index (χ3n) is 5.85. The number of nitrogens with zero attached hydrogens (tertiary/aromatic N) is 4. The number of hydrogen-bond acceptors (Lipinski definition) is 10. The van der Waals surface area contributed by atoms with E-state index < -0.39 is 11.8 Å². The van der Waals surface area contributed by atoms with Crippen LogP contribution in [-0.2, 0) is 4.74 Å². The Hall–Kier alpha value is -5.13. The zero-order valence-corrected chi connectivity index (χ0v) is 21.1. The summed E-state index contributed by atoms with van der Waals surface area (Å²) in [5, 5.41) is 9.29. The number of rotatable bonds is 9. The van der Waals surface area contributed by atoms with Crippen LogP contribution in [-0.4, -0.2) is 52.1 Å². The number of pyridine rings is 2. The fourth-order valence-corrected chi connectivity index (χ4v) is 3.80. The molecule has 11 nitrogen and oxygen atoms in total. The lowest BCUT2D eigenvalue weighted by atomic mass is 10.1. The molecule has 0 radical (unpaired) electrons. The number of methoxy groups -OCH3 is 2. The van der Waals surface area contributed by atoms with Gasteiger partial charge in [-0.25, -0.2) is 29.1 Å². The summed E-state index contributed by atoms with van der Waals surface area (Å²) in [5.74, 6) is 0.0729. The maximum Gasteiger partial charge on any atom is 0.338 e. The van der Waals surface area contributed by atoms with Crippen LogP contribution < -0.4 is 20.7 Å². The lowest BCUT2D eigenvalue weighted by Gasteiger charge is -2.17. The van der Waals surface area contributed by atoms with E-state index in [9.17, 15) is 14.0 Å². The van der Waals surface area contributed by atoms with Crippen LogP contribution in [0.2, 0.25) is 0 Å². The van der Waals surface area contributed by atoms with Gasteiger partial charge in [-0.05, 0) is 37.1 Å². The number of ether oxygens (including phenoxy) is 2. The number of carbonyl (C=O) groups is 2. The zero-order valence-electron chi connectivity index (χ0n) is 21.1. The summed E-state index contributed by atoms with van der Waals surface area (Å²) in [6.07, 6.45) is 6.93. The molecular weight excluding hydrogens is 505 g/mol. The molecule has 0 bridgehead atoms. The van der Waals surface area contributed by atoms with E-state index in [0.717, 1.165) is 25.2 Å². The fourth-order valence-electron chi connectivity index (χ4n) is 3.80. The Labute approximate surface area is 222 Å². The van der Waals surface area contributed by atoms with Gasteiger partial charge in [-0.1, -0.05) is 6.07 Å². The van der Waals surface area contributed by atoms with Crippen molar-refractivity contribution in [3.05, 3.63) is 78.1 Å². The number of halogens is 1. The van der Waals surface area contributed by atoms with Gasteiger partial charge in [-0.3, -0.25) is 4.79 Å². The highest BCUT2D eigenvalue weighted by atomic mass is 19.1. The molecule has 1 fully saturated rings. The number of para-hydroxylation sites is 1. The normalized spacial score (nSPS) is 12.4. The van der Waals surface area contributed by atoms with E-state index in [0.29, 0.717) is 45.5 Å². The smallest absolute Gasteiger partial charge is 0.338 e. The SMILES string of the molecule is COC(=O)c1ccnc(Nc2cc(Nc3cccc(-c4ncc(F)cn4)c3OC)c(C(=O)NC3CC3)cn2)c1. The lowest BCUT2D eigenvalue weighted by Crippen LogP contribution is -2.26. The molecule has 4 aromatic rings. The molecule has 1 aromatic carbocycles. The number of anilines is 4. The Morgan fingerprint density at radius 3 is 2.41 bits per heavy atom. The molecule has 0 aliphatic heterocycles. The minimum Gasteiger partial charge on any atom is -0.494 e. The van der Waals surface area contributed by atoms with Gasteiger partial charge in [0.2, 0.25) is 0 Å². The highest BCUT2D eigenvalue weighted by Gasteiger charge is 2.26. The molecule has 3 heterocycles. The van der Waals surface area contributed by atoms with Gasteiger partial charge in [-0.15, -0.1) is 0 Å². The second kappa shape index (κ2) is 11.1. The predicted molar refractivity (Wildman–Crippen MR) is 141 cm³/mol. The van der Waals surface area contributed by atoms with Crippen molar-refractivity contribution in [1.82, 2.24) is 25.3 Å². The van der Waals surface area contributed by atoms with Crippen molar-refractivity contribution in [2.45, 2.75) is 18.9 Å². The van der Waals surface area contributed by atoms with Crippen LogP contribution in [0.1, 0.15) is 33.6 Å². The molecule has 1 aliphatic rings. The largest absolute Gasteiger partial charge is 0.494 e. The second-order valence-electron chi connectivity index (χ2n) is 8.65. The van der Waals surface area contributed by atoms with E-state index in [1.54, 1.807) is 24.3 Å².